The van der Waals surface area contributed by atoms with Crippen LogP contribution in [0.2, 0.25) is 0 Å². The van der Waals surface area contributed by atoms with E-state index in [1.807, 2.05) is 0 Å². The zero-order valence-electron chi connectivity index (χ0n) is 14.5. The first kappa shape index (κ1) is 18.3. The van der Waals surface area contributed by atoms with Crippen molar-refractivity contribution in [3.63, 3.8) is 0 Å². The number of amides is 3. The van der Waals surface area contributed by atoms with E-state index < -0.39 is 17.7 Å². The molecule has 0 unspecified atom stereocenters. The lowest BCUT2D eigenvalue weighted by Crippen LogP contribution is -2.44. The Balaban J connectivity index is 1.76. The average molecular weight is 369 g/mol. The van der Waals surface area contributed by atoms with Crippen LogP contribution >= 0.6 is 0 Å². The van der Waals surface area contributed by atoms with Gasteiger partial charge in [-0.3, -0.25) is 19.4 Å². The Hall–Kier alpha value is -3.49. The number of nitrogens with zero attached hydrogens (tertiary/aromatic N) is 3. The number of nitrogens with two attached hydrogens (primary N) is 1. The fourth-order valence-electron chi connectivity index (χ4n) is 3.07. The number of piperidine rings is 1. The van der Waals surface area contributed by atoms with Gasteiger partial charge in [-0.25, -0.2) is 4.98 Å². The number of carbonyl (C=O) groups excluding carboxylic acids is 3. The topological polar surface area (TPSA) is 139 Å². The van der Waals surface area contributed by atoms with Gasteiger partial charge in [-0.2, -0.15) is 0 Å². The maximum absolute atomic E-state index is 12.7. The number of primary amides is 1. The lowest BCUT2D eigenvalue weighted by Gasteiger charge is -2.35. The first-order valence-corrected chi connectivity index (χ1v) is 8.47. The number of hydrogen-bond acceptors (Lipinski definition) is 6. The summed E-state index contributed by atoms with van der Waals surface area (Å²) in [4.78, 5) is 45.5. The van der Waals surface area contributed by atoms with Gasteiger partial charge in [0.15, 0.2) is 0 Å². The van der Waals surface area contributed by atoms with Crippen molar-refractivity contribution in [1.29, 1.82) is 0 Å². The lowest BCUT2D eigenvalue weighted by molar-refractivity contribution is -0.145. The summed E-state index contributed by atoms with van der Waals surface area (Å²) < 4.78 is 0. The third kappa shape index (κ3) is 4.20. The second-order valence-electron chi connectivity index (χ2n) is 6.24. The Morgan fingerprint density at radius 1 is 1.19 bits per heavy atom. The van der Waals surface area contributed by atoms with Crippen LogP contribution in [0, 0.1) is 0 Å². The second kappa shape index (κ2) is 7.81. The van der Waals surface area contributed by atoms with E-state index in [0.717, 1.165) is 18.4 Å². The largest absolute Gasteiger partial charge is 0.493 e. The molecular formula is C18H19N5O4. The van der Waals surface area contributed by atoms with Crippen molar-refractivity contribution < 1.29 is 19.5 Å². The summed E-state index contributed by atoms with van der Waals surface area (Å²) in [6.45, 7) is 0.442. The molecule has 0 aliphatic carbocycles. The number of pyridine rings is 2. The molecular weight excluding hydrogens is 350 g/mol. The Bertz CT molecular complexity index is 868. The molecule has 0 spiro atoms. The molecule has 9 nitrogen and oxygen atoms in total. The van der Waals surface area contributed by atoms with Gasteiger partial charge in [-0.15, -0.1) is 0 Å². The molecule has 4 N–H and O–H groups in total. The highest BCUT2D eigenvalue weighted by Crippen LogP contribution is 2.31. The predicted octanol–water partition coefficient (Wildman–Crippen LogP) is 0.973. The van der Waals surface area contributed by atoms with Crippen LogP contribution < -0.4 is 11.1 Å². The number of aromatic nitrogens is 2. The van der Waals surface area contributed by atoms with Crippen molar-refractivity contribution >= 4 is 23.4 Å². The van der Waals surface area contributed by atoms with E-state index in [1.165, 1.54) is 35.6 Å². The molecule has 1 saturated heterocycles. The molecule has 0 bridgehead atoms. The first-order valence-electron chi connectivity index (χ1n) is 8.47. The molecule has 0 aromatic carbocycles. The zero-order valence-corrected chi connectivity index (χ0v) is 14.5. The van der Waals surface area contributed by atoms with E-state index >= 15 is 0 Å². The molecule has 1 aliphatic heterocycles. The molecule has 3 rings (SSSR count). The predicted molar refractivity (Wildman–Crippen MR) is 95.6 cm³/mol. The molecule has 1 aliphatic rings. The molecule has 1 atom stereocenters. The Morgan fingerprint density at radius 3 is 2.70 bits per heavy atom. The van der Waals surface area contributed by atoms with Crippen LogP contribution in [-0.2, 0) is 9.59 Å². The van der Waals surface area contributed by atoms with Crippen LogP contribution in [0.4, 0.5) is 5.69 Å². The highest BCUT2D eigenvalue weighted by Gasteiger charge is 2.32. The van der Waals surface area contributed by atoms with E-state index in [-0.39, 0.29) is 23.2 Å². The van der Waals surface area contributed by atoms with Gasteiger partial charge in [0, 0.05) is 25.0 Å². The molecule has 27 heavy (non-hydrogen) atoms. The van der Waals surface area contributed by atoms with E-state index in [2.05, 4.69) is 15.3 Å². The average Bonchev–Trinajstić information content (AvgIpc) is 2.68. The molecule has 140 valence electrons. The Labute approximate surface area is 155 Å². The van der Waals surface area contributed by atoms with Crippen LogP contribution in [-0.4, -0.2) is 44.2 Å². The molecule has 2 aromatic rings. The van der Waals surface area contributed by atoms with Crippen molar-refractivity contribution in [3.05, 3.63) is 47.9 Å². The molecule has 0 radical (unpaired) electrons. The van der Waals surface area contributed by atoms with Crippen molar-refractivity contribution in [2.24, 2.45) is 5.73 Å². The van der Waals surface area contributed by atoms with Crippen molar-refractivity contribution in [3.8, 4) is 5.88 Å². The van der Waals surface area contributed by atoms with E-state index in [0.29, 0.717) is 13.0 Å². The van der Waals surface area contributed by atoms with Crippen LogP contribution in [0.15, 0.2) is 36.8 Å². The van der Waals surface area contributed by atoms with Crippen LogP contribution in [0.3, 0.4) is 0 Å². The number of anilines is 1. The van der Waals surface area contributed by atoms with Crippen molar-refractivity contribution in [2.75, 3.05) is 11.9 Å². The minimum absolute atomic E-state index is 0.105. The number of hydrogen-bond donors (Lipinski definition) is 3. The maximum atomic E-state index is 12.7. The molecule has 3 amide bonds. The number of likely N-dealkylation sites (tertiary alicyclic amines) is 1. The van der Waals surface area contributed by atoms with Gasteiger partial charge in [0.05, 0.1) is 23.5 Å². The fourth-order valence-corrected chi connectivity index (χ4v) is 3.07. The normalized spacial score (nSPS) is 16.6. The summed E-state index contributed by atoms with van der Waals surface area (Å²) in [6.07, 6.45) is 6.52. The number of rotatable bonds is 3. The summed E-state index contributed by atoms with van der Waals surface area (Å²) in [5.74, 6) is -2.29. The lowest BCUT2D eigenvalue weighted by atomic mass is 9.96. The quantitative estimate of drug-likeness (QED) is 0.689. The maximum Gasteiger partial charge on any atom is 0.313 e. The highest BCUT2D eigenvalue weighted by atomic mass is 16.3. The molecule has 2 aromatic heterocycles. The summed E-state index contributed by atoms with van der Waals surface area (Å²) >= 11 is 0. The van der Waals surface area contributed by atoms with Gasteiger partial charge in [0.25, 0.3) is 0 Å². The summed E-state index contributed by atoms with van der Waals surface area (Å²) in [5.41, 5.74) is 6.29. The second-order valence-corrected chi connectivity index (χ2v) is 6.24. The first-order chi connectivity index (χ1) is 13.0. The number of nitrogens with one attached hydrogen (secondary N) is 1. The monoisotopic (exact) mass is 369 g/mol. The van der Waals surface area contributed by atoms with Gasteiger partial charge in [0.2, 0.25) is 11.8 Å². The summed E-state index contributed by atoms with van der Waals surface area (Å²) in [7, 11) is 0. The van der Waals surface area contributed by atoms with Gasteiger partial charge in [-0.1, -0.05) is 6.07 Å². The number of aromatic hydroxyl groups is 1. The standard InChI is InChI=1S/C18H19N5O4/c19-16(25)12-7-13(10-20-8-12)22-17(26)18(27)23-6-2-1-3-14(23)11-4-5-15(24)21-9-11/h4-5,7-10,14H,1-3,6H2,(H2,19,25)(H,21,24)(H,22,26)/t14-/m1/s1. The van der Waals surface area contributed by atoms with Gasteiger partial charge in [0.1, 0.15) is 0 Å². The molecule has 9 heteroatoms. The summed E-state index contributed by atoms with van der Waals surface area (Å²) in [6, 6.07) is 4.21. The van der Waals surface area contributed by atoms with Gasteiger partial charge >= 0.3 is 11.8 Å². The van der Waals surface area contributed by atoms with Crippen molar-refractivity contribution in [2.45, 2.75) is 25.3 Å². The number of carbonyl (C=O) groups is 3. The highest BCUT2D eigenvalue weighted by molar-refractivity contribution is 6.39. The van der Waals surface area contributed by atoms with E-state index in [4.69, 9.17) is 5.73 Å². The van der Waals surface area contributed by atoms with E-state index in [9.17, 15) is 19.5 Å². The fraction of sp³-hybridized carbons (Fsp3) is 0.278. The zero-order chi connectivity index (χ0) is 19.4. The van der Waals surface area contributed by atoms with Crippen LogP contribution in [0.5, 0.6) is 5.88 Å². The van der Waals surface area contributed by atoms with Crippen LogP contribution in [0.25, 0.3) is 0 Å². The minimum Gasteiger partial charge on any atom is -0.493 e. The minimum atomic E-state index is -0.822. The summed E-state index contributed by atoms with van der Waals surface area (Å²) in [5, 5.41) is 11.8. The Kier molecular flexibility index (Phi) is 5.30. The third-order valence-corrected chi connectivity index (χ3v) is 4.39. The van der Waals surface area contributed by atoms with Gasteiger partial charge in [-0.05, 0) is 30.9 Å². The Morgan fingerprint density at radius 2 is 2.00 bits per heavy atom. The molecule has 1 fully saturated rings. The van der Waals surface area contributed by atoms with Crippen LogP contribution in [0.1, 0.15) is 41.2 Å². The molecule has 3 heterocycles. The third-order valence-electron chi connectivity index (χ3n) is 4.39. The smallest absolute Gasteiger partial charge is 0.313 e. The molecule has 0 saturated carbocycles. The van der Waals surface area contributed by atoms with Crippen molar-refractivity contribution in [1.82, 2.24) is 14.9 Å². The van der Waals surface area contributed by atoms with E-state index in [1.54, 1.807) is 6.07 Å². The SMILES string of the molecule is NC(=O)c1cncc(NC(=O)C(=O)N2CCCC[C@@H]2c2ccc(O)nc2)c1. The van der Waals surface area contributed by atoms with Gasteiger partial charge < -0.3 is 21.1 Å².